The first-order valence-corrected chi connectivity index (χ1v) is 9.56. The van der Waals surface area contributed by atoms with Gasteiger partial charge in [-0.05, 0) is 38.7 Å². The van der Waals surface area contributed by atoms with Gasteiger partial charge in [0, 0.05) is 23.2 Å². The lowest BCUT2D eigenvalue weighted by molar-refractivity contribution is 0.0832. The molecule has 2 N–H and O–H groups in total. The second-order valence-electron chi connectivity index (χ2n) is 8.40. The van der Waals surface area contributed by atoms with Crippen molar-refractivity contribution in [1.82, 2.24) is 20.1 Å². The molecule has 142 valence electrons. The van der Waals surface area contributed by atoms with Crippen LogP contribution in [-0.2, 0) is 0 Å². The van der Waals surface area contributed by atoms with Gasteiger partial charge in [-0.1, -0.05) is 27.2 Å². The smallest absolute Gasteiger partial charge is 0.252 e. The van der Waals surface area contributed by atoms with E-state index in [4.69, 9.17) is 4.98 Å². The molecule has 1 fully saturated rings. The summed E-state index contributed by atoms with van der Waals surface area (Å²) in [5, 5.41) is 18.2. The van der Waals surface area contributed by atoms with Crippen molar-refractivity contribution in [2.24, 2.45) is 5.41 Å². The largest absolute Gasteiger partial charge is 0.396 e. The molecule has 2 aromatic rings. The van der Waals surface area contributed by atoms with Gasteiger partial charge in [0.25, 0.3) is 5.91 Å². The molecule has 1 saturated carbocycles. The molecule has 26 heavy (non-hydrogen) atoms. The summed E-state index contributed by atoms with van der Waals surface area (Å²) >= 11 is 0. The van der Waals surface area contributed by atoms with Crippen LogP contribution in [0.25, 0.3) is 11.0 Å². The predicted molar refractivity (Wildman–Crippen MR) is 102 cm³/mol. The molecule has 1 aliphatic rings. The summed E-state index contributed by atoms with van der Waals surface area (Å²) in [4.78, 5) is 17.9. The molecule has 2 atom stereocenters. The van der Waals surface area contributed by atoms with Gasteiger partial charge >= 0.3 is 0 Å². The van der Waals surface area contributed by atoms with Crippen LogP contribution in [0.15, 0.2) is 12.3 Å². The van der Waals surface area contributed by atoms with Gasteiger partial charge in [0.05, 0.1) is 23.8 Å². The first-order chi connectivity index (χ1) is 12.3. The zero-order chi connectivity index (χ0) is 19.1. The minimum atomic E-state index is -0.245. The van der Waals surface area contributed by atoms with Gasteiger partial charge in [0.2, 0.25) is 0 Å². The second-order valence-corrected chi connectivity index (χ2v) is 8.40. The molecule has 2 aromatic heterocycles. The minimum Gasteiger partial charge on any atom is -0.396 e. The predicted octanol–water partition coefficient (Wildman–Crippen LogP) is 3.42. The van der Waals surface area contributed by atoms with Gasteiger partial charge in [0.15, 0.2) is 5.65 Å². The normalized spacial score (nSPS) is 23.3. The van der Waals surface area contributed by atoms with Gasteiger partial charge in [0.1, 0.15) is 0 Å². The van der Waals surface area contributed by atoms with Crippen LogP contribution in [0.2, 0.25) is 0 Å². The number of aliphatic hydroxyl groups excluding tert-OH is 1. The van der Waals surface area contributed by atoms with E-state index in [1.54, 1.807) is 6.20 Å². The van der Waals surface area contributed by atoms with E-state index in [2.05, 4.69) is 38.1 Å². The third-order valence-corrected chi connectivity index (χ3v) is 5.66. The van der Waals surface area contributed by atoms with Crippen molar-refractivity contribution in [1.29, 1.82) is 0 Å². The number of rotatable bonds is 5. The van der Waals surface area contributed by atoms with Crippen LogP contribution in [-0.4, -0.2) is 38.4 Å². The fourth-order valence-electron chi connectivity index (χ4n) is 3.80. The summed E-state index contributed by atoms with van der Waals surface area (Å²) in [5.41, 5.74) is 2.03. The molecule has 0 bridgehead atoms. The topological polar surface area (TPSA) is 80.0 Å². The number of hydrogen-bond donors (Lipinski definition) is 2. The Kier molecular flexibility index (Phi) is 5.06. The Labute approximate surface area is 155 Å². The third-order valence-electron chi connectivity index (χ3n) is 5.66. The van der Waals surface area contributed by atoms with Crippen LogP contribution in [0.5, 0.6) is 0 Å². The Morgan fingerprint density at radius 1 is 1.42 bits per heavy atom. The maximum atomic E-state index is 13.1. The zero-order valence-corrected chi connectivity index (χ0v) is 16.4. The Morgan fingerprint density at radius 2 is 2.15 bits per heavy atom. The second kappa shape index (κ2) is 6.99. The van der Waals surface area contributed by atoms with Crippen molar-refractivity contribution in [3.63, 3.8) is 0 Å². The van der Waals surface area contributed by atoms with E-state index in [1.165, 1.54) is 0 Å². The molecule has 0 spiro atoms. The van der Waals surface area contributed by atoms with Crippen LogP contribution in [0, 0.1) is 5.41 Å². The van der Waals surface area contributed by atoms with E-state index in [9.17, 15) is 9.90 Å². The van der Waals surface area contributed by atoms with Crippen molar-refractivity contribution in [2.45, 2.75) is 71.9 Å². The SMILES string of the molecule is CC(C)c1cc(C(=O)NC2CCCC2(C)CO)c2cnn(C(C)C)c2n1. The number of carbonyl (C=O) groups is 1. The van der Waals surface area contributed by atoms with Crippen LogP contribution in [0.1, 0.15) is 81.9 Å². The number of nitrogens with zero attached hydrogens (tertiary/aromatic N) is 3. The van der Waals surface area contributed by atoms with Gasteiger partial charge in [-0.15, -0.1) is 0 Å². The maximum absolute atomic E-state index is 13.1. The van der Waals surface area contributed by atoms with E-state index >= 15 is 0 Å². The molecule has 6 heteroatoms. The standard InChI is InChI=1S/C20H30N4O2/c1-12(2)16-9-14(15-10-21-24(13(3)4)18(15)22-16)19(26)23-17-7-6-8-20(17,5)11-25/h9-10,12-13,17,25H,6-8,11H2,1-5H3,(H,23,26). The minimum absolute atomic E-state index is 0.00846. The average Bonchev–Trinajstić information content (AvgIpc) is 3.18. The fourth-order valence-corrected chi connectivity index (χ4v) is 3.80. The monoisotopic (exact) mass is 358 g/mol. The first-order valence-electron chi connectivity index (χ1n) is 9.56. The van der Waals surface area contributed by atoms with E-state index in [0.29, 0.717) is 5.56 Å². The lowest BCUT2D eigenvalue weighted by Crippen LogP contribution is -2.44. The summed E-state index contributed by atoms with van der Waals surface area (Å²) in [6.45, 7) is 10.4. The summed E-state index contributed by atoms with van der Waals surface area (Å²) in [6, 6.07) is 2.05. The van der Waals surface area contributed by atoms with Gasteiger partial charge < -0.3 is 10.4 Å². The highest BCUT2D eigenvalue weighted by atomic mass is 16.3. The molecule has 0 aliphatic heterocycles. The van der Waals surface area contributed by atoms with Crippen molar-refractivity contribution in [3.05, 3.63) is 23.5 Å². The van der Waals surface area contributed by atoms with E-state index in [-0.39, 0.29) is 35.9 Å². The molecule has 6 nitrogen and oxygen atoms in total. The summed E-state index contributed by atoms with van der Waals surface area (Å²) < 4.78 is 1.87. The highest BCUT2D eigenvalue weighted by molar-refractivity contribution is 6.05. The van der Waals surface area contributed by atoms with Crippen LogP contribution < -0.4 is 5.32 Å². The number of aliphatic hydroxyl groups is 1. The van der Waals surface area contributed by atoms with E-state index in [0.717, 1.165) is 36.0 Å². The Morgan fingerprint density at radius 3 is 2.77 bits per heavy atom. The van der Waals surface area contributed by atoms with Crippen LogP contribution in [0.3, 0.4) is 0 Å². The molecule has 0 aromatic carbocycles. The molecule has 0 saturated heterocycles. The fraction of sp³-hybridized carbons (Fsp3) is 0.650. The summed E-state index contributed by atoms with van der Waals surface area (Å²) in [6.07, 6.45) is 4.60. The Bertz CT molecular complexity index is 811. The van der Waals surface area contributed by atoms with Crippen molar-refractivity contribution in [3.8, 4) is 0 Å². The van der Waals surface area contributed by atoms with Gasteiger partial charge in [-0.25, -0.2) is 9.67 Å². The van der Waals surface area contributed by atoms with Crippen LogP contribution in [0.4, 0.5) is 0 Å². The molecule has 1 aliphatic carbocycles. The highest BCUT2D eigenvalue weighted by Crippen LogP contribution is 2.37. The lowest BCUT2D eigenvalue weighted by atomic mass is 9.85. The quantitative estimate of drug-likeness (QED) is 0.858. The number of nitrogens with one attached hydrogen (secondary N) is 1. The highest BCUT2D eigenvalue weighted by Gasteiger charge is 2.39. The summed E-state index contributed by atoms with van der Waals surface area (Å²) in [7, 11) is 0. The third kappa shape index (κ3) is 3.22. The molecule has 2 heterocycles. The van der Waals surface area contributed by atoms with Gasteiger partial charge in [-0.3, -0.25) is 4.79 Å². The molecular formula is C20H30N4O2. The molecule has 2 unspecified atom stereocenters. The van der Waals surface area contributed by atoms with Gasteiger partial charge in [-0.2, -0.15) is 5.10 Å². The number of hydrogen-bond acceptors (Lipinski definition) is 4. The number of aromatic nitrogens is 3. The maximum Gasteiger partial charge on any atom is 0.252 e. The molecule has 0 radical (unpaired) electrons. The molecule has 3 rings (SSSR count). The number of carbonyl (C=O) groups excluding carboxylic acids is 1. The van der Waals surface area contributed by atoms with Crippen LogP contribution >= 0.6 is 0 Å². The number of fused-ring (bicyclic) bond motifs is 1. The molecular weight excluding hydrogens is 328 g/mol. The van der Waals surface area contributed by atoms with Crippen molar-refractivity contribution >= 4 is 16.9 Å². The zero-order valence-electron chi connectivity index (χ0n) is 16.4. The van der Waals surface area contributed by atoms with Crippen molar-refractivity contribution in [2.75, 3.05) is 6.61 Å². The summed E-state index contributed by atoms with van der Waals surface area (Å²) in [5.74, 6) is 0.116. The van der Waals surface area contributed by atoms with Crippen molar-refractivity contribution < 1.29 is 9.90 Å². The Hall–Kier alpha value is -1.95. The molecule has 1 amide bonds. The number of amides is 1. The lowest BCUT2D eigenvalue weighted by Gasteiger charge is -2.30. The average molecular weight is 358 g/mol. The Balaban J connectivity index is 2.02. The van der Waals surface area contributed by atoms with E-state index in [1.807, 2.05) is 17.7 Å². The van der Waals surface area contributed by atoms with E-state index < -0.39 is 0 Å². The first kappa shape index (κ1) is 18.8. The number of pyridine rings is 1.